The molecule has 168 valence electrons. The van der Waals surface area contributed by atoms with Gasteiger partial charge in [-0.1, -0.05) is 12.1 Å². The Morgan fingerprint density at radius 2 is 2.00 bits per heavy atom. The fourth-order valence-electron chi connectivity index (χ4n) is 2.45. The average molecular weight is 541 g/mol. The number of nitrogens with zero attached hydrogens (tertiary/aromatic N) is 1. The fourth-order valence-corrected chi connectivity index (χ4v) is 2.45. The van der Waals surface area contributed by atoms with Gasteiger partial charge in [0, 0.05) is 32.3 Å². The summed E-state index contributed by atoms with van der Waals surface area (Å²) in [5.41, 5.74) is 1.44. The van der Waals surface area contributed by atoms with Crippen LogP contribution in [0, 0.1) is 6.92 Å². The third kappa shape index (κ3) is 10.2. The van der Waals surface area contributed by atoms with E-state index in [0.717, 1.165) is 17.7 Å². The Balaban J connectivity index is 0.00000450. The standard InChI is InChI=1S/C20H26F3N3O3.HI/c1-15-6-7-16(18(11-15)29-14-20(21,22)23)12-26-19(24-2)25-8-4-9-27-13-17-5-3-10-28-17;/h3,5-7,10-11H,4,8-9,12-14H2,1-2H3,(H2,24,25,26);1H. The maximum atomic E-state index is 12.5. The normalized spacial score (nSPS) is 11.7. The van der Waals surface area contributed by atoms with Gasteiger partial charge in [-0.25, -0.2) is 0 Å². The van der Waals surface area contributed by atoms with Gasteiger partial charge in [0.05, 0.1) is 6.26 Å². The van der Waals surface area contributed by atoms with Crippen LogP contribution in [0.5, 0.6) is 5.75 Å². The Morgan fingerprint density at radius 3 is 2.67 bits per heavy atom. The fraction of sp³-hybridized carbons (Fsp3) is 0.450. The van der Waals surface area contributed by atoms with Crippen LogP contribution in [0.1, 0.15) is 23.3 Å². The van der Waals surface area contributed by atoms with Gasteiger partial charge in [0.1, 0.15) is 18.1 Å². The van der Waals surface area contributed by atoms with Crippen LogP contribution in [0.2, 0.25) is 0 Å². The van der Waals surface area contributed by atoms with E-state index >= 15 is 0 Å². The van der Waals surface area contributed by atoms with Gasteiger partial charge in [-0.05, 0) is 37.1 Å². The second kappa shape index (κ2) is 13.4. The van der Waals surface area contributed by atoms with Crippen molar-refractivity contribution in [3.63, 3.8) is 0 Å². The lowest BCUT2D eigenvalue weighted by molar-refractivity contribution is -0.153. The van der Waals surface area contributed by atoms with E-state index in [4.69, 9.17) is 13.9 Å². The quantitative estimate of drug-likeness (QED) is 0.202. The maximum Gasteiger partial charge on any atom is 0.422 e. The number of benzene rings is 1. The lowest BCUT2D eigenvalue weighted by Crippen LogP contribution is -2.37. The number of alkyl halides is 3. The van der Waals surface area contributed by atoms with Crippen molar-refractivity contribution in [2.45, 2.75) is 32.7 Å². The predicted molar refractivity (Wildman–Crippen MR) is 119 cm³/mol. The molecule has 0 atom stereocenters. The molecule has 0 unspecified atom stereocenters. The highest BCUT2D eigenvalue weighted by atomic mass is 127. The van der Waals surface area contributed by atoms with Gasteiger partial charge in [-0.2, -0.15) is 13.2 Å². The van der Waals surface area contributed by atoms with Crippen LogP contribution in [-0.2, 0) is 17.9 Å². The van der Waals surface area contributed by atoms with Crippen molar-refractivity contribution in [1.29, 1.82) is 0 Å². The molecule has 0 fully saturated rings. The molecule has 0 amide bonds. The van der Waals surface area contributed by atoms with Crippen LogP contribution in [0.4, 0.5) is 13.2 Å². The zero-order valence-corrected chi connectivity index (χ0v) is 19.3. The molecule has 2 N–H and O–H groups in total. The van der Waals surface area contributed by atoms with Crippen molar-refractivity contribution in [3.8, 4) is 5.75 Å². The third-order valence-electron chi connectivity index (χ3n) is 3.87. The molecule has 1 heterocycles. The molecule has 10 heteroatoms. The van der Waals surface area contributed by atoms with Crippen LogP contribution in [0.3, 0.4) is 0 Å². The van der Waals surface area contributed by atoms with Gasteiger partial charge >= 0.3 is 6.18 Å². The molecule has 0 aliphatic heterocycles. The molecule has 0 saturated heterocycles. The highest BCUT2D eigenvalue weighted by Crippen LogP contribution is 2.23. The zero-order valence-electron chi connectivity index (χ0n) is 16.9. The first-order valence-electron chi connectivity index (χ1n) is 9.21. The minimum absolute atomic E-state index is 0. The SMILES string of the molecule is CN=C(NCCCOCc1ccco1)NCc1ccc(C)cc1OCC(F)(F)F.I. The van der Waals surface area contributed by atoms with Crippen LogP contribution in [-0.4, -0.2) is 38.9 Å². The number of guanidine groups is 1. The highest BCUT2D eigenvalue weighted by Gasteiger charge is 2.28. The second-order valence-corrected chi connectivity index (χ2v) is 6.35. The molecule has 0 aliphatic rings. The molecule has 0 spiro atoms. The minimum atomic E-state index is -4.38. The third-order valence-corrected chi connectivity index (χ3v) is 3.87. The van der Waals surface area contributed by atoms with E-state index in [0.29, 0.717) is 31.3 Å². The van der Waals surface area contributed by atoms with Crippen molar-refractivity contribution < 1.29 is 27.1 Å². The zero-order chi connectivity index (χ0) is 21.1. The molecule has 2 aromatic rings. The predicted octanol–water partition coefficient (Wildman–Crippen LogP) is 4.42. The van der Waals surface area contributed by atoms with Gasteiger partial charge in [0.2, 0.25) is 0 Å². The minimum Gasteiger partial charge on any atom is -0.484 e. The van der Waals surface area contributed by atoms with Gasteiger partial charge in [-0.3, -0.25) is 4.99 Å². The van der Waals surface area contributed by atoms with Crippen molar-refractivity contribution in [2.75, 3.05) is 26.8 Å². The van der Waals surface area contributed by atoms with Crippen molar-refractivity contribution in [1.82, 2.24) is 10.6 Å². The second-order valence-electron chi connectivity index (χ2n) is 6.35. The summed E-state index contributed by atoms with van der Waals surface area (Å²) in [7, 11) is 1.62. The first-order valence-corrected chi connectivity index (χ1v) is 9.21. The molecular formula is C20H27F3IN3O3. The molecule has 1 aromatic carbocycles. The summed E-state index contributed by atoms with van der Waals surface area (Å²) in [4.78, 5) is 4.11. The topological polar surface area (TPSA) is 68.0 Å². The van der Waals surface area contributed by atoms with Gasteiger partial charge < -0.3 is 24.5 Å². The summed E-state index contributed by atoms with van der Waals surface area (Å²) in [6, 6.07) is 8.81. The smallest absolute Gasteiger partial charge is 0.422 e. The number of aliphatic imine (C=N–C) groups is 1. The van der Waals surface area contributed by atoms with Crippen LogP contribution >= 0.6 is 24.0 Å². The number of halogens is 4. The Labute approximate surface area is 191 Å². The summed E-state index contributed by atoms with van der Waals surface area (Å²) in [6.45, 7) is 2.36. The lowest BCUT2D eigenvalue weighted by atomic mass is 10.1. The van der Waals surface area contributed by atoms with E-state index in [9.17, 15) is 13.2 Å². The van der Waals surface area contributed by atoms with Crippen LogP contribution in [0.15, 0.2) is 46.0 Å². The molecule has 0 aliphatic carbocycles. The first-order chi connectivity index (χ1) is 13.9. The number of ether oxygens (including phenoxy) is 2. The average Bonchev–Trinajstić information content (AvgIpc) is 3.19. The van der Waals surface area contributed by atoms with E-state index in [1.807, 2.05) is 18.2 Å². The van der Waals surface area contributed by atoms with Crippen molar-refractivity contribution in [3.05, 3.63) is 53.5 Å². The molecule has 0 saturated carbocycles. The Morgan fingerprint density at radius 1 is 1.20 bits per heavy atom. The monoisotopic (exact) mass is 541 g/mol. The first kappa shape index (κ1) is 26.1. The van der Waals surface area contributed by atoms with Crippen LogP contribution in [0.25, 0.3) is 0 Å². The number of hydrogen-bond acceptors (Lipinski definition) is 4. The van der Waals surface area contributed by atoms with E-state index in [1.165, 1.54) is 0 Å². The Kier molecular flexibility index (Phi) is 11.6. The number of aryl methyl sites for hydroxylation is 1. The molecular weight excluding hydrogens is 514 g/mol. The van der Waals surface area contributed by atoms with Crippen LogP contribution < -0.4 is 15.4 Å². The molecule has 6 nitrogen and oxygen atoms in total. The molecule has 2 rings (SSSR count). The van der Waals surface area contributed by atoms with Gasteiger partial charge in [-0.15, -0.1) is 24.0 Å². The molecule has 0 radical (unpaired) electrons. The van der Waals surface area contributed by atoms with Crippen molar-refractivity contribution in [2.24, 2.45) is 4.99 Å². The number of rotatable bonds is 10. The van der Waals surface area contributed by atoms with Gasteiger partial charge in [0.15, 0.2) is 12.6 Å². The summed E-state index contributed by atoms with van der Waals surface area (Å²) >= 11 is 0. The maximum absolute atomic E-state index is 12.5. The van der Waals surface area contributed by atoms with E-state index < -0.39 is 12.8 Å². The molecule has 0 bridgehead atoms. The number of nitrogens with one attached hydrogen (secondary N) is 2. The highest BCUT2D eigenvalue weighted by molar-refractivity contribution is 14.0. The van der Waals surface area contributed by atoms with E-state index in [1.54, 1.807) is 32.4 Å². The number of furan rings is 1. The summed E-state index contributed by atoms with van der Waals surface area (Å²) in [5, 5.41) is 6.21. The summed E-state index contributed by atoms with van der Waals surface area (Å²) in [5.74, 6) is 1.52. The number of hydrogen-bond donors (Lipinski definition) is 2. The van der Waals surface area contributed by atoms with E-state index in [-0.39, 0.29) is 36.3 Å². The summed E-state index contributed by atoms with van der Waals surface area (Å²) in [6.07, 6.45) is -2.03. The molecule has 30 heavy (non-hydrogen) atoms. The molecule has 1 aromatic heterocycles. The largest absolute Gasteiger partial charge is 0.484 e. The van der Waals surface area contributed by atoms with Gasteiger partial charge in [0.25, 0.3) is 0 Å². The Hall–Kier alpha value is -1.95. The van der Waals surface area contributed by atoms with E-state index in [2.05, 4.69) is 15.6 Å². The van der Waals surface area contributed by atoms with Crippen molar-refractivity contribution >= 4 is 29.9 Å². The lowest BCUT2D eigenvalue weighted by Gasteiger charge is -2.16. The summed E-state index contributed by atoms with van der Waals surface area (Å²) < 4.78 is 53.0. The Bertz CT molecular complexity index is 768.